The molecule has 0 radical (unpaired) electrons. The van der Waals surface area contributed by atoms with Crippen molar-refractivity contribution >= 4 is 5.91 Å². The van der Waals surface area contributed by atoms with Gasteiger partial charge >= 0.3 is 6.36 Å². The summed E-state index contributed by atoms with van der Waals surface area (Å²) in [6.45, 7) is 1.14. The predicted octanol–water partition coefficient (Wildman–Crippen LogP) is 3.13. The molecule has 0 unspecified atom stereocenters. The lowest BCUT2D eigenvalue weighted by Crippen LogP contribution is -2.61. The topological polar surface area (TPSA) is 64.5 Å². The van der Waals surface area contributed by atoms with Crippen molar-refractivity contribution in [1.29, 1.82) is 0 Å². The van der Waals surface area contributed by atoms with Crippen LogP contribution in [0.4, 0.5) is 13.2 Å². The summed E-state index contributed by atoms with van der Waals surface area (Å²) >= 11 is 0. The van der Waals surface area contributed by atoms with E-state index < -0.39 is 12.0 Å². The molecule has 1 aromatic carbocycles. The Morgan fingerprint density at radius 1 is 1.21 bits per heavy atom. The van der Waals surface area contributed by atoms with Gasteiger partial charge in [-0.25, -0.2) is 9.97 Å². The van der Waals surface area contributed by atoms with Gasteiger partial charge in [0.05, 0.1) is 25.4 Å². The second-order valence-corrected chi connectivity index (χ2v) is 7.38. The zero-order chi connectivity index (χ0) is 19.5. The van der Waals surface area contributed by atoms with E-state index in [0.29, 0.717) is 31.2 Å². The maximum Gasteiger partial charge on any atom is 0.573 e. The molecule has 5 rings (SSSR count). The molecule has 3 heterocycles. The fourth-order valence-electron chi connectivity index (χ4n) is 3.70. The van der Waals surface area contributed by atoms with Crippen molar-refractivity contribution in [1.82, 2.24) is 14.9 Å². The number of carbonyl (C=O) groups is 1. The van der Waals surface area contributed by atoms with Crippen LogP contribution in [0.25, 0.3) is 0 Å². The summed E-state index contributed by atoms with van der Waals surface area (Å²) in [4.78, 5) is 23.3. The van der Waals surface area contributed by atoms with Crippen molar-refractivity contribution in [2.24, 2.45) is 0 Å². The van der Waals surface area contributed by atoms with Crippen LogP contribution < -0.4 is 4.74 Å². The number of nitrogens with zero attached hydrogens (tertiary/aromatic N) is 3. The first-order chi connectivity index (χ1) is 13.3. The number of hydrogen-bond acceptors (Lipinski definition) is 5. The van der Waals surface area contributed by atoms with E-state index in [9.17, 15) is 18.0 Å². The molecule has 9 heteroatoms. The van der Waals surface area contributed by atoms with Gasteiger partial charge < -0.3 is 14.4 Å². The number of benzene rings is 1. The molecule has 1 saturated carbocycles. The van der Waals surface area contributed by atoms with Crippen molar-refractivity contribution in [2.75, 3.05) is 13.1 Å². The first-order valence-corrected chi connectivity index (χ1v) is 8.98. The van der Waals surface area contributed by atoms with E-state index in [1.807, 2.05) is 6.20 Å². The largest absolute Gasteiger partial charge is 0.573 e. The summed E-state index contributed by atoms with van der Waals surface area (Å²) in [6, 6.07) is 4.90. The number of aromatic nitrogens is 2. The van der Waals surface area contributed by atoms with Gasteiger partial charge in [0, 0.05) is 23.2 Å². The van der Waals surface area contributed by atoms with E-state index >= 15 is 0 Å². The molecular weight excluding hydrogens is 375 g/mol. The smallest absolute Gasteiger partial charge is 0.406 e. The number of carbonyl (C=O) groups excluding carboxylic acids is 1. The highest BCUT2D eigenvalue weighted by molar-refractivity contribution is 5.95. The van der Waals surface area contributed by atoms with Gasteiger partial charge in [-0.15, -0.1) is 13.2 Å². The fraction of sp³-hybridized carbons (Fsp3) is 0.421. The van der Waals surface area contributed by atoms with Gasteiger partial charge in [0.2, 0.25) is 0 Å². The van der Waals surface area contributed by atoms with Gasteiger partial charge in [-0.3, -0.25) is 4.79 Å². The van der Waals surface area contributed by atoms with Gasteiger partial charge in [-0.1, -0.05) is 0 Å². The van der Waals surface area contributed by atoms with Crippen molar-refractivity contribution in [3.63, 3.8) is 0 Å². The summed E-state index contributed by atoms with van der Waals surface area (Å²) in [5.74, 6) is 0.705. The quantitative estimate of drug-likeness (QED) is 0.805. The van der Waals surface area contributed by atoms with E-state index in [1.165, 1.54) is 12.1 Å². The van der Waals surface area contributed by atoms with Gasteiger partial charge in [0.25, 0.3) is 5.91 Å². The Bertz CT molecular complexity index is 936. The van der Waals surface area contributed by atoms with Crippen molar-refractivity contribution in [3.8, 4) is 5.75 Å². The van der Waals surface area contributed by atoms with Crippen LogP contribution in [0.3, 0.4) is 0 Å². The third-order valence-electron chi connectivity index (χ3n) is 5.32. The van der Waals surface area contributed by atoms with E-state index in [0.717, 1.165) is 42.1 Å². The monoisotopic (exact) mass is 391 g/mol. The van der Waals surface area contributed by atoms with E-state index in [1.54, 1.807) is 4.90 Å². The van der Waals surface area contributed by atoms with Crippen LogP contribution in [0.2, 0.25) is 0 Å². The molecule has 0 bridgehead atoms. The standard InChI is InChI=1S/C19H16F3N3O3/c20-19(21,22)28-13-5-3-12(4-6-13)17(26)25-9-18(10-25)14-7-23-16(11-1-2-11)24-15(14)8-27-18/h3-7,11H,1-2,8-10H2. The zero-order valence-electron chi connectivity index (χ0n) is 14.7. The van der Waals surface area contributed by atoms with E-state index in [4.69, 9.17) is 4.74 Å². The van der Waals surface area contributed by atoms with Gasteiger partial charge in [-0.05, 0) is 37.1 Å². The Hall–Kier alpha value is -2.68. The minimum absolute atomic E-state index is 0.267. The number of alkyl halides is 3. The Morgan fingerprint density at radius 3 is 2.57 bits per heavy atom. The Morgan fingerprint density at radius 2 is 1.93 bits per heavy atom. The van der Waals surface area contributed by atoms with E-state index in [2.05, 4.69) is 14.7 Å². The molecule has 0 N–H and O–H groups in total. The normalized spacial score (nSPS) is 20.0. The lowest BCUT2D eigenvalue weighted by molar-refractivity contribution is -0.274. The molecule has 1 spiro atoms. The average Bonchev–Trinajstić information content (AvgIpc) is 3.39. The first-order valence-electron chi connectivity index (χ1n) is 8.98. The van der Waals surface area contributed by atoms with Crippen LogP contribution in [0.1, 0.15) is 46.2 Å². The van der Waals surface area contributed by atoms with Gasteiger partial charge in [0.15, 0.2) is 0 Å². The number of likely N-dealkylation sites (tertiary alicyclic amines) is 1. The van der Waals surface area contributed by atoms with Crippen LogP contribution >= 0.6 is 0 Å². The number of amides is 1. The summed E-state index contributed by atoms with van der Waals surface area (Å²) in [5, 5.41) is 0. The molecule has 3 aliphatic rings. The van der Waals surface area contributed by atoms with Crippen LogP contribution in [-0.4, -0.2) is 40.2 Å². The molecule has 28 heavy (non-hydrogen) atoms. The molecule has 2 aliphatic heterocycles. The van der Waals surface area contributed by atoms with Crippen LogP contribution in [0.15, 0.2) is 30.5 Å². The van der Waals surface area contributed by atoms with Crippen LogP contribution in [-0.2, 0) is 16.9 Å². The minimum Gasteiger partial charge on any atom is -0.406 e. The molecule has 1 saturated heterocycles. The Labute approximate surface area is 158 Å². The maximum absolute atomic E-state index is 12.6. The highest BCUT2D eigenvalue weighted by Gasteiger charge is 2.52. The molecule has 0 atom stereocenters. The lowest BCUT2D eigenvalue weighted by atomic mass is 9.87. The molecule has 1 aromatic heterocycles. The zero-order valence-corrected chi connectivity index (χ0v) is 14.7. The summed E-state index contributed by atoms with van der Waals surface area (Å²) in [6.07, 6.45) is -0.697. The third-order valence-corrected chi connectivity index (χ3v) is 5.32. The van der Waals surface area contributed by atoms with Crippen molar-refractivity contribution in [2.45, 2.75) is 37.3 Å². The minimum atomic E-state index is -4.76. The highest BCUT2D eigenvalue weighted by atomic mass is 19.4. The molecular formula is C19H16F3N3O3. The highest BCUT2D eigenvalue weighted by Crippen LogP contribution is 2.45. The molecule has 2 aromatic rings. The van der Waals surface area contributed by atoms with Crippen LogP contribution in [0.5, 0.6) is 5.75 Å². The molecule has 1 aliphatic carbocycles. The van der Waals surface area contributed by atoms with Gasteiger partial charge in [0.1, 0.15) is 17.2 Å². The molecule has 146 valence electrons. The number of halogens is 3. The number of rotatable bonds is 3. The number of ether oxygens (including phenoxy) is 2. The summed E-state index contributed by atoms with van der Waals surface area (Å²) in [5.41, 5.74) is 1.53. The predicted molar refractivity (Wildman–Crippen MR) is 89.5 cm³/mol. The summed E-state index contributed by atoms with van der Waals surface area (Å²) in [7, 11) is 0. The maximum atomic E-state index is 12.6. The van der Waals surface area contributed by atoms with E-state index in [-0.39, 0.29) is 11.7 Å². The summed E-state index contributed by atoms with van der Waals surface area (Å²) < 4.78 is 46.5. The van der Waals surface area contributed by atoms with Crippen molar-refractivity contribution in [3.05, 3.63) is 53.1 Å². The molecule has 6 nitrogen and oxygen atoms in total. The molecule has 1 amide bonds. The fourth-order valence-corrected chi connectivity index (χ4v) is 3.70. The lowest BCUT2D eigenvalue weighted by Gasteiger charge is -2.47. The number of hydrogen-bond donors (Lipinski definition) is 0. The second kappa shape index (κ2) is 5.91. The third kappa shape index (κ3) is 2.99. The average molecular weight is 391 g/mol. The van der Waals surface area contributed by atoms with Crippen molar-refractivity contribution < 1.29 is 27.4 Å². The molecule has 2 fully saturated rings. The van der Waals surface area contributed by atoms with Crippen LogP contribution in [0, 0.1) is 0 Å². The second-order valence-electron chi connectivity index (χ2n) is 7.38. The Balaban J connectivity index is 1.27. The SMILES string of the molecule is O=C(c1ccc(OC(F)(F)F)cc1)N1CC2(C1)OCc1nc(C3CC3)ncc12. The Kier molecular flexibility index (Phi) is 3.67. The van der Waals surface area contributed by atoms with Gasteiger partial charge in [-0.2, -0.15) is 0 Å². The number of fused-ring (bicyclic) bond motifs is 2. The first kappa shape index (κ1) is 17.4.